The highest BCUT2D eigenvalue weighted by atomic mass is 19.4. The number of aromatic amines is 1. The van der Waals surface area contributed by atoms with Crippen molar-refractivity contribution < 1.29 is 27.5 Å². The van der Waals surface area contributed by atoms with Crippen molar-refractivity contribution in [3.63, 3.8) is 0 Å². The number of benzene rings is 1. The zero-order valence-corrected chi connectivity index (χ0v) is 16.5. The Balaban J connectivity index is 1.65. The van der Waals surface area contributed by atoms with Crippen molar-refractivity contribution in [3.05, 3.63) is 68.8 Å². The summed E-state index contributed by atoms with van der Waals surface area (Å²) >= 11 is 0. The Hall–Kier alpha value is -3.34. The van der Waals surface area contributed by atoms with Crippen LogP contribution in [0.2, 0.25) is 0 Å². The van der Waals surface area contributed by atoms with E-state index < -0.39 is 47.7 Å². The summed E-state index contributed by atoms with van der Waals surface area (Å²) in [7, 11) is 0. The molecule has 1 atom stereocenters. The standard InChI is InChI=1S/C20H20F3N3O5/c1-12-6-7-15(31-12)19(30,20(21,22)23)9-10-24-16(27)8-11-26-14-5-3-2-4-13(14)17(28)25-18(26)29/h2-7,30H,8-11H2,1H3,(H,24,27)(H,25,28,29)/t19-/m1/s1. The Morgan fingerprint density at radius 2 is 1.90 bits per heavy atom. The van der Waals surface area contributed by atoms with Crippen molar-refractivity contribution >= 4 is 16.8 Å². The van der Waals surface area contributed by atoms with Crippen molar-refractivity contribution in [1.82, 2.24) is 14.9 Å². The van der Waals surface area contributed by atoms with Gasteiger partial charge >= 0.3 is 11.9 Å². The number of halogens is 3. The molecule has 0 bridgehead atoms. The molecule has 3 rings (SSSR count). The minimum Gasteiger partial charge on any atom is -0.463 e. The third-order valence-corrected chi connectivity index (χ3v) is 4.89. The third kappa shape index (κ3) is 4.55. The highest BCUT2D eigenvalue weighted by Gasteiger charge is 2.56. The van der Waals surface area contributed by atoms with E-state index in [-0.39, 0.29) is 24.1 Å². The number of carbonyl (C=O) groups is 1. The molecule has 8 nitrogen and oxygen atoms in total. The van der Waals surface area contributed by atoms with E-state index in [1.165, 1.54) is 23.6 Å². The number of fused-ring (bicyclic) bond motifs is 1. The van der Waals surface area contributed by atoms with Gasteiger partial charge in [0.25, 0.3) is 5.56 Å². The van der Waals surface area contributed by atoms with Gasteiger partial charge in [0, 0.05) is 25.9 Å². The van der Waals surface area contributed by atoms with Gasteiger partial charge in [-0.2, -0.15) is 13.2 Å². The van der Waals surface area contributed by atoms with Crippen LogP contribution in [0.1, 0.15) is 24.4 Å². The van der Waals surface area contributed by atoms with Gasteiger partial charge in [0.1, 0.15) is 11.5 Å². The van der Waals surface area contributed by atoms with Gasteiger partial charge in [0.2, 0.25) is 11.5 Å². The predicted octanol–water partition coefficient (Wildman–Crippen LogP) is 1.94. The molecule has 0 aliphatic heterocycles. The van der Waals surface area contributed by atoms with Crippen LogP contribution in [0.4, 0.5) is 13.2 Å². The maximum absolute atomic E-state index is 13.4. The van der Waals surface area contributed by atoms with Gasteiger partial charge in [0.15, 0.2) is 0 Å². The first kappa shape index (κ1) is 22.3. The van der Waals surface area contributed by atoms with Crippen LogP contribution < -0.4 is 16.6 Å². The van der Waals surface area contributed by atoms with E-state index in [1.807, 2.05) is 0 Å². The molecule has 166 valence electrons. The lowest BCUT2D eigenvalue weighted by atomic mass is 9.95. The largest absolute Gasteiger partial charge is 0.463 e. The molecular formula is C20H20F3N3O5. The van der Waals surface area contributed by atoms with Crippen LogP contribution in [0.15, 0.2) is 50.4 Å². The predicted molar refractivity (Wildman–Crippen MR) is 104 cm³/mol. The number of H-pyrrole nitrogens is 1. The topological polar surface area (TPSA) is 117 Å². The monoisotopic (exact) mass is 439 g/mol. The number of aliphatic hydroxyl groups is 1. The number of hydrogen-bond donors (Lipinski definition) is 3. The summed E-state index contributed by atoms with van der Waals surface area (Å²) < 4.78 is 46.4. The molecule has 31 heavy (non-hydrogen) atoms. The molecule has 0 saturated carbocycles. The van der Waals surface area contributed by atoms with Crippen LogP contribution in [0.25, 0.3) is 10.9 Å². The van der Waals surface area contributed by atoms with Crippen LogP contribution in [-0.2, 0) is 16.9 Å². The van der Waals surface area contributed by atoms with Crippen molar-refractivity contribution in [2.45, 2.75) is 38.1 Å². The molecule has 0 spiro atoms. The molecular weight excluding hydrogens is 419 g/mol. The number of nitrogens with one attached hydrogen (secondary N) is 2. The summed E-state index contributed by atoms with van der Waals surface area (Å²) in [4.78, 5) is 38.2. The van der Waals surface area contributed by atoms with Gasteiger partial charge in [0.05, 0.1) is 10.9 Å². The Labute approximate surface area is 173 Å². The first-order valence-electron chi connectivity index (χ1n) is 9.37. The molecule has 3 aromatic rings. The van der Waals surface area contributed by atoms with E-state index in [1.54, 1.807) is 18.2 Å². The highest BCUT2D eigenvalue weighted by Crippen LogP contribution is 2.42. The normalized spacial score (nSPS) is 13.8. The van der Waals surface area contributed by atoms with Crippen LogP contribution in [0.3, 0.4) is 0 Å². The summed E-state index contributed by atoms with van der Waals surface area (Å²) in [5.74, 6) is -1.07. The molecule has 11 heteroatoms. The molecule has 2 aromatic heterocycles. The number of aromatic nitrogens is 2. The third-order valence-electron chi connectivity index (χ3n) is 4.89. The number of hydrogen-bond acceptors (Lipinski definition) is 5. The van der Waals surface area contributed by atoms with E-state index in [4.69, 9.17) is 4.42 Å². The molecule has 3 N–H and O–H groups in total. The second-order valence-corrected chi connectivity index (χ2v) is 7.05. The van der Waals surface area contributed by atoms with Gasteiger partial charge in [-0.05, 0) is 31.2 Å². The van der Waals surface area contributed by atoms with Crippen molar-refractivity contribution in [2.24, 2.45) is 0 Å². The average Bonchev–Trinajstić information content (AvgIpc) is 3.13. The molecule has 0 aliphatic carbocycles. The average molecular weight is 439 g/mol. The smallest absolute Gasteiger partial charge is 0.424 e. The van der Waals surface area contributed by atoms with E-state index in [9.17, 15) is 32.7 Å². The fourth-order valence-corrected chi connectivity index (χ4v) is 3.21. The molecule has 0 radical (unpaired) electrons. The lowest BCUT2D eigenvalue weighted by Crippen LogP contribution is -2.44. The van der Waals surface area contributed by atoms with Crippen LogP contribution in [-0.4, -0.2) is 33.3 Å². The Morgan fingerprint density at radius 1 is 1.19 bits per heavy atom. The Bertz CT molecular complexity index is 1210. The molecule has 0 saturated heterocycles. The number of alkyl halides is 3. The van der Waals surface area contributed by atoms with E-state index in [0.717, 1.165) is 6.07 Å². The quantitative estimate of drug-likeness (QED) is 0.520. The molecule has 2 heterocycles. The number of aryl methyl sites for hydroxylation is 2. The van der Waals surface area contributed by atoms with Crippen molar-refractivity contribution in [1.29, 1.82) is 0 Å². The highest BCUT2D eigenvalue weighted by molar-refractivity contribution is 5.78. The second kappa shape index (κ2) is 8.42. The van der Waals surface area contributed by atoms with Crippen molar-refractivity contribution in [2.75, 3.05) is 6.54 Å². The van der Waals surface area contributed by atoms with E-state index in [2.05, 4.69) is 10.3 Å². The van der Waals surface area contributed by atoms with Crippen molar-refractivity contribution in [3.8, 4) is 0 Å². The number of rotatable bonds is 7. The Kier molecular flexibility index (Phi) is 6.07. The number of amides is 1. The number of nitrogens with zero attached hydrogens (tertiary/aromatic N) is 1. The van der Waals surface area contributed by atoms with E-state index >= 15 is 0 Å². The minimum atomic E-state index is -5.01. The molecule has 0 fully saturated rings. The molecule has 1 aromatic carbocycles. The lowest BCUT2D eigenvalue weighted by Gasteiger charge is -2.28. The van der Waals surface area contributed by atoms with Gasteiger partial charge < -0.3 is 14.8 Å². The molecule has 0 unspecified atom stereocenters. The summed E-state index contributed by atoms with van der Waals surface area (Å²) in [5, 5.41) is 12.8. The summed E-state index contributed by atoms with van der Waals surface area (Å²) in [6, 6.07) is 8.68. The summed E-state index contributed by atoms with van der Waals surface area (Å²) in [6.45, 7) is 0.878. The maximum Gasteiger partial charge on any atom is 0.424 e. The fourth-order valence-electron chi connectivity index (χ4n) is 3.21. The fraction of sp³-hybridized carbons (Fsp3) is 0.350. The van der Waals surface area contributed by atoms with Gasteiger partial charge in [-0.3, -0.25) is 19.1 Å². The number of carbonyl (C=O) groups excluding carboxylic acids is 1. The molecule has 0 aliphatic rings. The first-order chi connectivity index (χ1) is 14.5. The first-order valence-corrected chi connectivity index (χ1v) is 9.37. The summed E-state index contributed by atoms with van der Waals surface area (Å²) in [5.41, 5.74) is -4.17. The minimum absolute atomic E-state index is 0.0944. The second-order valence-electron chi connectivity index (χ2n) is 7.05. The van der Waals surface area contributed by atoms with Crippen LogP contribution in [0, 0.1) is 6.92 Å². The van der Waals surface area contributed by atoms with Gasteiger partial charge in [-0.1, -0.05) is 12.1 Å². The zero-order chi connectivity index (χ0) is 22.8. The van der Waals surface area contributed by atoms with Gasteiger partial charge in [-0.25, -0.2) is 4.79 Å². The zero-order valence-electron chi connectivity index (χ0n) is 16.5. The van der Waals surface area contributed by atoms with Crippen LogP contribution >= 0.6 is 0 Å². The maximum atomic E-state index is 13.4. The lowest BCUT2D eigenvalue weighted by molar-refractivity contribution is -0.274. The number of furan rings is 1. The SMILES string of the molecule is Cc1ccc([C@](O)(CCNC(=O)CCn2c(=O)[nH]c(=O)c3ccccc32)C(F)(F)F)o1. The number of para-hydroxylation sites is 1. The van der Waals surface area contributed by atoms with Gasteiger partial charge in [-0.15, -0.1) is 0 Å². The molecule has 1 amide bonds. The van der Waals surface area contributed by atoms with E-state index in [0.29, 0.717) is 5.52 Å². The summed E-state index contributed by atoms with van der Waals surface area (Å²) in [6.07, 6.45) is -6.08. The Morgan fingerprint density at radius 3 is 2.55 bits per heavy atom. The van der Waals surface area contributed by atoms with Crippen LogP contribution in [0.5, 0.6) is 0 Å².